The topological polar surface area (TPSA) is 73.9 Å². The third kappa shape index (κ3) is 4.78. The van der Waals surface area contributed by atoms with Gasteiger partial charge in [0.25, 0.3) is 0 Å². The first-order valence-electron chi connectivity index (χ1n) is 7.45. The van der Waals surface area contributed by atoms with Crippen LogP contribution in [-0.2, 0) is 16.4 Å². The Hall–Kier alpha value is -1.96. The monoisotopic (exact) mass is 385 g/mol. The molecule has 0 aliphatic heterocycles. The first-order chi connectivity index (χ1) is 11.9. The third-order valence-corrected chi connectivity index (χ3v) is 5.25. The Labute approximate surface area is 152 Å². The van der Waals surface area contributed by atoms with Crippen molar-refractivity contribution >= 4 is 21.6 Å². The maximum atomic E-state index is 12.3. The van der Waals surface area contributed by atoms with E-state index in [4.69, 9.17) is 25.8 Å². The van der Waals surface area contributed by atoms with Crippen LogP contribution in [0.15, 0.2) is 41.3 Å². The molecular formula is C17H20ClNO5S. The summed E-state index contributed by atoms with van der Waals surface area (Å²) in [5.74, 6) is 1.67. The standard InChI is InChI=1S/C17H20ClNO5S/c1-22-14-9-12(17(24-3)16(11-14)23-2)7-8-19-25(20,21)15-6-4-5-13(18)10-15/h4-6,9-11,19H,7-8H2,1-3H3. The molecule has 0 saturated heterocycles. The van der Waals surface area contributed by atoms with Gasteiger partial charge in [-0.25, -0.2) is 13.1 Å². The van der Waals surface area contributed by atoms with Crippen LogP contribution in [0.2, 0.25) is 5.02 Å². The second kappa shape index (κ2) is 8.42. The smallest absolute Gasteiger partial charge is 0.240 e. The second-order valence-corrected chi connectivity index (χ2v) is 7.33. The molecule has 6 nitrogen and oxygen atoms in total. The van der Waals surface area contributed by atoms with Gasteiger partial charge in [-0.15, -0.1) is 0 Å². The number of hydrogen-bond acceptors (Lipinski definition) is 5. The van der Waals surface area contributed by atoms with Gasteiger partial charge < -0.3 is 14.2 Å². The van der Waals surface area contributed by atoms with Crippen molar-refractivity contribution in [1.29, 1.82) is 0 Å². The molecule has 0 radical (unpaired) electrons. The minimum Gasteiger partial charge on any atom is -0.497 e. The van der Waals surface area contributed by atoms with Crippen molar-refractivity contribution in [2.75, 3.05) is 27.9 Å². The number of hydrogen-bond donors (Lipinski definition) is 1. The number of methoxy groups -OCH3 is 3. The van der Waals surface area contributed by atoms with Gasteiger partial charge in [-0.2, -0.15) is 0 Å². The van der Waals surface area contributed by atoms with E-state index in [0.717, 1.165) is 5.56 Å². The quantitative estimate of drug-likeness (QED) is 0.756. The molecule has 0 bridgehead atoms. The molecule has 0 heterocycles. The molecule has 1 N–H and O–H groups in total. The Morgan fingerprint density at radius 2 is 1.80 bits per heavy atom. The third-order valence-electron chi connectivity index (χ3n) is 3.56. The van der Waals surface area contributed by atoms with Crippen molar-refractivity contribution in [2.45, 2.75) is 11.3 Å². The van der Waals surface area contributed by atoms with Gasteiger partial charge >= 0.3 is 0 Å². The lowest BCUT2D eigenvalue weighted by atomic mass is 10.1. The van der Waals surface area contributed by atoms with Gasteiger partial charge in [0.05, 0.1) is 26.2 Å². The summed E-state index contributed by atoms with van der Waals surface area (Å²) >= 11 is 5.85. The lowest BCUT2D eigenvalue weighted by Gasteiger charge is -2.15. The van der Waals surface area contributed by atoms with Crippen molar-refractivity contribution in [3.63, 3.8) is 0 Å². The zero-order valence-corrected chi connectivity index (χ0v) is 15.8. The molecule has 0 amide bonds. The van der Waals surface area contributed by atoms with Gasteiger partial charge in [-0.05, 0) is 30.7 Å². The summed E-state index contributed by atoms with van der Waals surface area (Å²) in [7, 11) is 0.969. The van der Waals surface area contributed by atoms with E-state index in [1.807, 2.05) is 0 Å². The van der Waals surface area contributed by atoms with E-state index < -0.39 is 10.0 Å². The molecule has 25 heavy (non-hydrogen) atoms. The summed E-state index contributed by atoms with van der Waals surface area (Å²) in [5.41, 5.74) is 0.771. The Kier molecular flexibility index (Phi) is 6.52. The second-order valence-electron chi connectivity index (χ2n) is 5.13. The predicted octanol–water partition coefficient (Wildman–Crippen LogP) is 2.89. The molecule has 0 saturated carbocycles. The van der Waals surface area contributed by atoms with Crippen LogP contribution in [0.5, 0.6) is 17.2 Å². The van der Waals surface area contributed by atoms with Gasteiger partial charge in [-0.3, -0.25) is 0 Å². The highest BCUT2D eigenvalue weighted by atomic mass is 35.5. The van der Waals surface area contributed by atoms with Gasteiger partial charge in [0, 0.05) is 23.2 Å². The van der Waals surface area contributed by atoms with Crippen LogP contribution in [0, 0.1) is 0 Å². The Bertz CT molecular complexity index is 839. The maximum Gasteiger partial charge on any atom is 0.240 e. The lowest BCUT2D eigenvalue weighted by Crippen LogP contribution is -2.26. The highest BCUT2D eigenvalue weighted by Gasteiger charge is 2.16. The molecule has 0 atom stereocenters. The SMILES string of the molecule is COc1cc(CCNS(=O)(=O)c2cccc(Cl)c2)c(OC)c(OC)c1. The number of halogens is 1. The maximum absolute atomic E-state index is 12.3. The first-order valence-corrected chi connectivity index (χ1v) is 9.31. The molecule has 0 aromatic heterocycles. The van der Waals surface area contributed by atoms with E-state index in [1.165, 1.54) is 26.4 Å². The summed E-state index contributed by atoms with van der Waals surface area (Å²) in [5, 5.41) is 0.363. The van der Waals surface area contributed by atoms with Gasteiger partial charge in [0.15, 0.2) is 11.5 Å². The van der Waals surface area contributed by atoms with E-state index in [-0.39, 0.29) is 11.4 Å². The van der Waals surface area contributed by atoms with Crippen molar-refractivity contribution in [3.05, 3.63) is 47.0 Å². The highest BCUT2D eigenvalue weighted by Crippen LogP contribution is 2.35. The summed E-state index contributed by atoms with van der Waals surface area (Å²) in [6.45, 7) is 0.182. The Morgan fingerprint density at radius 1 is 1.04 bits per heavy atom. The zero-order chi connectivity index (χ0) is 18.4. The highest BCUT2D eigenvalue weighted by molar-refractivity contribution is 7.89. The molecule has 2 rings (SSSR count). The number of nitrogens with one attached hydrogen (secondary N) is 1. The molecule has 0 spiro atoms. The van der Waals surface area contributed by atoms with Crippen LogP contribution in [0.1, 0.15) is 5.56 Å². The van der Waals surface area contributed by atoms with Crippen LogP contribution in [0.3, 0.4) is 0 Å². The number of ether oxygens (including phenoxy) is 3. The van der Waals surface area contributed by atoms with Gasteiger partial charge in [-0.1, -0.05) is 17.7 Å². The fourth-order valence-corrected chi connectivity index (χ4v) is 3.69. The summed E-state index contributed by atoms with van der Waals surface area (Å²) in [4.78, 5) is 0.121. The fourth-order valence-electron chi connectivity index (χ4n) is 2.36. The van der Waals surface area contributed by atoms with E-state index in [2.05, 4.69) is 4.72 Å². The molecule has 0 unspecified atom stereocenters. The van der Waals surface area contributed by atoms with Crippen LogP contribution in [0.25, 0.3) is 0 Å². The molecule has 2 aromatic rings. The van der Waals surface area contributed by atoms with Gasteiger partial charge in [0.2, 0.25) is 10.0 Å². The largest absolute Gasteiger partial charge is 0.497 e. The van der Waals surface area contributed by atoms with E-state index in [9.17, 15) is 8.42 Å². The fraction of sp³-hybridized carbons (Fsp3) is 0.294. The zero-order valence-electron chi connectivity index (χ0n) is 14.2. The minimum absolute atomic E-state index is 0.121. The summed E-state index contributed by atoms with van der Waals surface area (Å²) < 4.78 is 43.1. The molecule has 0 aliphatic carbocycles. The number of sulfonamides is 1. The van der Waals surface area contributed by atoms with E-state index in [0.29, 0.717) is 28.7 Å². The average molecular weight is 386 g/mol. The van der Waals surface area contributed by atoms with Crippen molar-refractivity contribution in [2.24, 2.45) is 0 Å². The average Bonchev–Trinajstić information content (AvgIpc) is 2.60. The number of benzene rings is 2. The molecule has 136 valence electrons. The van der Waals surface area contributed by atoms with Crippen molar-refractivity contribution < 1.29 is 22.6 Å². The first kappa shape index (κ1) is 19.4. The van der Waals surface area contributed by atoms with E-state index >= 15 is 0 Å². The van der Waals surface area contributed by atoms with Crippen LogP contribution in [-0.4, -0.2) is 36.3 Å². The van der Waals surface area contributed by atoms with Crippen LogP contribution < -0.4 is 18.9 Å². The van der Waals surface area contributed by atoms with Gasteiger partial charge in [0.1, 0.15) is 5.75 Å². The number of rotatable bonds is 8. The van der Waals surface area contributed by atoms with Crippen LogP contribution in [0.4, 0.5) is 0 Å². The molecule has 2 aromatic carbocycles. The normalized spacial score (nSPS) is 11.2. The minimum atomic E-state index is -3.64. The lowest BCUT2D eigenvalue weighted by molar-refractivity contribution is 0.345. The van der Waals surface area contributed by atoms with Crippen molar-refractivity contribution in [1.82, 2.24) is 4.72 Å². The van der Waals surface area contributed by atoms with Crippen LogP contribution >= 0.6 is 11.6 Å². The summed E-state index contributed by atoms with van der Waals surface area (Å²) in [6.07, 6.45) is 0.399. The predicted molar refractivity (Wildman–Crippen MR) is 96.4 cm³/mol. The molecule has 0 fully saturated rings. The summed E-state index contributed by atoms with van der Waals surface area (Å²) in [6, 6.07) is 9.59. The molecule has 8 heteroatoms. The Balaban J connectivity index is 2.16. The molecular weight excluding hydrogens is 366 g/mol. The van der Waals surface area contributed by atoms with E-state index in [1.54, 1.807) is 31.4 Å². The van der Waals surface area contributed by atoms with Crippen molar-refractivity contribution in [3.8, 4) is 17.2 Å². The molecule has 0 aliphatic rings. The Morgan fingerprint density at radius 3 is 2.40 bits per heavy atom.